The first-order valence-electron chi connectivity index (χ1n) is 12.8. The number of hydrogen-bond donors (Lipinski definition) is 0. The van der Waals surface area contributed by atoms with Gasteiger partial charge < -0.3 is 9.47 Å². The van der Waals surface area contributed by atoms with Crippen LogP contribution >= 0.6 is 0 Å². The molecule has 192 valence electrons. The molecule has 0 fully saturated rings. The van der Waals surface area contributed by atoms with E-state index < -0.39 is 9.84 Å². The standard InChI is InChI=1S/C32H34O4S/c1-4-11-25-21-29(22-31(30(25)12-5-2)24-13-7-6-8-14-24)37(33,34)28-19-17-27(18-20-28)36-23-26-15-9-10-16-32(26)35-3/h6-10,13-22H,4-5,11-12,23H2,1-3H3. The van der Waals surface area contributed by atoms with Gasteiger partial charge >= 0.3 is 0 Å². The van der Waals surface area contributed by atoms with Crippen LogP contribution < -0.4 is 9.47 Å². The number of sulfone groups is 1. The fourth-order valence-electron chi connectivity index (χ4n) is 4.61. The number of ether oxygens (including phenoxy) is 2. The van der Waals surface area contributed by atoms with E-state index in [1.807, 2.05) is 54.6 Å². The first-order chi connectivity index (χ1) is 18.0. The molecule has 0 N–H and O–H groups in total. The lowest BCUT2D eigenvalue weighted by Crippen LogP contribution is -2.07. The molecule has 0 heterocycles. The molecule has 0 saturated carbocycles. The van der Waals surface area contributed by atoms with E-state index in [9.17, 15) is 8.42 Å². The molecule has 0 atom stereocenters. The van der Waals surface area contributed by atoms with Crippen LogP contribution in [0.4, 0.5) is 0 Å². The molecule has 4 rings (SSSR count). The van der Waals surface area contributed by atoms with Gasteiger partial charge in [0.25, 0.3) is 0 Å². The topological polar surface area (TPSA) is 52.6 Å². The van der Waals surface area contributed by atoms with Gasteiger partial charge in [-0.15, -0.1) is 0 Å². The summed E-state index contributed by atoms with van der Waals surface area (Å²) in [5.74, 6) is 1.35. The highest BCUT2D eigenvalue weighted by Gasteiger charge is 2.22. The highest BCUT2D eigenvalue weighted by molar-refractivity contribution is 7.91. The summed E-state index contributed by atoms with van der Waals surface area (Å²) < 4.78 is 38.8. The van der Waals surface area contributed by atoms with Crippen LogP contribution in [0.25, 0.3) is 11.1 Å². The lowest BCUT2D eigenvalue weighted by molar-refractivity contribution is 0.296. The first-order valence-corrected chi connectivity index (χ1v) is 14.3. The highest BCUT2D eigenvalue weighted by Crippen LogP contribution is 2.34. The molecule has 5 heteroatoms. The molecular weight excluding hydrogens is 480 g/mol. The summed E-state index contributed by atoms with van der Waals surface area (Å²) in [5, 5.41) is 0. The van der Waals surface area contributed by atoms with Gasteiger partial charge in [0.2, 0.25) is 9.84 Å². The Bertz CT molecular complexity index is 1430. The van der Waals surface area contributed by atoms with Gasteiger partial charge in [0.05, 0.1) is 16.9 Å². The SMILES string of the molecule is CCCc1cc(S(=O)(=O)c2ccc(OCc3ccccc3OC)cc2)cc(-c2ccccc2)c1CCC. The maximum atomic E-state index is 13.8. The Labute approximate surface area is 220 Å². The number of aryl methyl sites for hydroxylation is 1. The third kappa shape index (κ3) is 6.05. The van der Waals surface area contributed by atoms with Crippen molar-refractivity contribution in [3.8, 4) is 22.6 Å². The summed E-state index contributed by atoms with van der Waals surface area (Å²) in [5.41, 5.74) is 5.32. The van der Waals surface area contributed by atoms with Crippen LogP contribution in [-0.2, 0) is 29.3 Å². The van der Waals surface area contributed by atoms with Crippen molar-refractivity contribution in [2.45, 2.75) is 55.9 Å². The second-order valence-electron chi connectivity index (χ2n) is 9.05. The lowest BCUT2D eigenvalue weighted by Gasteiger charge is -2.18. The monoisotopic (exact) mass is 514 g/mol. The zero-order chi connectivity index (χ0) is 26.3. The Balaban J connectivity index is 1.67. The lowest BCUT2D eigenvalue weighted by atomic mass is 9.91. The van der Waals surface area contributed by atoms with Gasteiger partial charge in [-0.25, -0.2) is 8.42 Å². The van der Waals surface area contributed by atoms with Crippen LogP contribution in [0.3, 0.4) is 0 Å². The van der Waals surface area contributed by atoms with E-state index in [1.54, 1.807) is 31.4 Å². The van der Waals surface area contributed by atoms with Crippen molar-refractivity contribution in [3.63, 3.8) is 0 Å². The van der Waals surface area contributed by atoms with Gasteiger partial charge in [-0.3, -0.25) is 0 Å². The van der Waals surface area contributed by atoms with E-state index >= 15 is 0 Å². The van der Waals surface area contributed by atoms with Crippen molar-refractivity contribution in [1.82, 2.24) is 0 Å². The predicted molar refractivity (Wildman–Crippen MR) is 149 cm³/mol. The number of methoxy groups -OCH3 is 1. The average Bonchev–Trinajstić information content (AvgIpc) is 2.93. The maximum Gasteiger partial charge on any atom is 0.206 e. The molecule has 0 amide bonds. The summed E-state index contributed by atoms with van der Waals surface area (Å²) in [4.78, 5) is 0.583. The van der Waals surface area contributed by atoms with Gasteiger partial charge in [0.1, 0.15) is 18.1 Å². The Morgan fingerprint density at radius 1 is 0.703 bits per heavy atom. The van der Waals surface area contributed by atoms with Crippen molar-refractivity contribution in [2.24, 2.45) is 0 Å². The van der Waals surface area contributed by atoms with E-state index in [4.69, 9.17) is 9.47 Å². The Morgan fingerprint density at radius 2 is 1.38 bits per heavy atom. The molecule has 4 aromatic carbocycles. The summed E-state index contributed by atoms with van der Waals surface area (Å²) in [6, 6.07) is 28.1. The zero-order valence-electron chi connectivity index (χ0n) is 21.7. The largest absolute Gasteiger partial charge is 0.496 e. The molecule has 0 unspecified atom stereocenters. The fraction of sp³-hybridized carbons (Fsp3) is 0.250. The molecule has 4 nitrogen and oxygen atoms in total. The van der Waals surface area contributed by atoms with Crippen molar-refractivity contribution < 1.29 is 17.9 Å². The van der Waals surface area contributed by atoms with Crippen molar-refractivity contribution in [2.75, 3.05) is 7.11 Å². The van der Waals surface area contributed by atoms with Crippen molar-refractivity contribution in [1.29, 1.82) is 0 Å². The second kappa shape index (κ2) is 12.1. The van der Waals surface area contributed by atoms with E-state index in [0.29, 0.717) is 17.3 Å². The Morgan fingerprint density at radius 3 is 2.05 bits per heavy atom. The van der Waals surface area contributed by atoms with Gasteiger partial charge in [0.15, 0.2) is 0 Å². The van der Waals surface area contributed by atoms with Crippen LogP contribution in [0.15, 0.2) is 101 Å². The van der Waals surface area contributed by atoms with Gasteiger partial charge in [-0.1, -0.05) is 75.2 Å². The van der Waals surface area contributed by atoms with E-state index in [-0.39, 0.29) is 4.90 Å². The highest BCUT2D eigenvalue weighted by atomic mass is 32.2. The second-order valence-corrected chi connectivity index (χ2v) is 11.0. The van der Waals surface area contributed by atoms with Gasteiger partial charge in [-0.05, 0) is 77.6 Å². The molecular formula is C32H34O4S. The summed E-state index contributed by atoms with van der Waals surface area (Å²) in [7, 11) is -2.08. The first kappa shape index (κ1) is 26.5. The van der Waals surface area contributed by atoms with Gasteiger partial charge in [-0.2, -0.15) is 0 Å². The average molecular weight is 515 g/mol. The molecule has 0 saturated heterocycles. The van der Waals surface area contributed by atoms with Crippen LogP contribution in [0, 0.1) is 0 Å². The van der Waals surface area contributed by atoms with E-state index in [1.165, 1.54) is 5.56 Å². The molecule has 0 aromatic heterocycles. The molecule has 0 aliphatic rings. The number of para-hydroxylation sites is 1. The molecule has 0 aliphatic carbocycles. The van der Waals surface area contributed by atoms with Crippen LogP contribution in [0.1, 0.15) is 43.4 Å². The number of hydrogen-bond acceptors (Lipinski definition) is 4. The van der Waals surface area contributed by atoms with E-state index in [2.05, 4.69) is 26.0 Å². The summed E-state index contributed by atoms with van der Waals surface area (Å²) in [6.07, 6.45) is 3.71. The smallest absolute Gasteiger partial charge is 0.206 e. The minimum absolute atomic E-state index is 0.252. The molecule has 0 aliphatic heterocycles. The predicted octanol–water partition coefficient (Wildman–Crippen LogP) is 7.68. The minimum Gasteiger partial charge on any atom is -0.496 e. The normalized spacial score (nSPS) is 11.3. The zero-order valence-corrected chi connectivity index (χ0v) is 22.6. The molecule has 0 bridgehead atoms. The maximum absolute atomic E-state index is 13.8. The molecule has 0 spiro atoms. The molecule has 37 heavy (non-hydrogen) atoms. The third-order valence-corrected chi connectivity index (χ3v) is 8.20. The van der Waals surface area contributed by atoms with E-state index in [0.717, 1.165) is 53.7 Å². The van der Waals surface area contributed by atoms with Crippen LogP contribution in [0.2, 0.25) is 0 Å². The van der Waals surface area contributed by atoms with Crippen LogP contribution in [-0.4, -0.2) is 15.5 Å². The van der Waals surface area contributed by atoms with Crippen LogP contribution in [0.5, 0.6) is 11.5 Å². The molecule has 0 radical (unpaired) electrons. The summed E-state index contributed by atoms with van der Waals surface area (Å²) in [6.45, 7) is 4.62. The summed E-state index contributed by atoms with van der Waals surface area (Å²) >= 11 is 0. The van der Waals surface area contributed by atoms with Crippen molar-refractivity contribution in [3.05, 3.63) is 108 Å². The van der Waals surface area contributed by atoms with Crippen molar-refractivity contribution >= 4 is 9.84 Å². The minimum atomic E-state index is -3.71. The molecule has 4 aromatic rings. The third-order valence-electron chi connectivity index (χ3n) is 6.45. The Kier molecular flexibility index (Phi) is 8.67. The quantitative estimate of drug-likeness (QED) is 0.206. The Hall–Kier alpha value is -3.57. The fourth-order valence-corrected chi connectivity index (χ4v) is 5.94. The number of benzene rings is 4. The number of rotatable bonds is 11. The van der Waals surface area contributed by atoms with Gasteiger partial charge in [0, 0.05) is 5.56 Å².